The molecule has 0 radical (unpaired) electrons. The average molecular weight is 1020 g/mol. The van der Waals surface area contributed by atoms with Crippen molar-refractivity contribution in [2.24, 2.45) is 16.1 Å². The molecule has 2 aromatic heterocycles. The number of anilines is 1. The highest BCUT2D eigenvalue weighted by molar-refractivity contribution is 5.97. The predicted molar refractivity (Wildman–Crippen MR) is 283 cm³/mol. The number of aromatic nitrogens is 2. The van der Waals surface area contributed by atoms with Gasteiger partial charge in [-0.05, 0) is 98.8 Å². The highest BCUT2D eigenvalue weighted by Gasteiger charge is 2.35. The van der Waals surface area contributed by atoms with Crippen LogP contribution in [0.1, 0.15) is 111 Å². The van der Waals surface area contributed by atoms with Crippen molar-refractivity contribution in [3.63, 3.8) is 0 Å². The van der Waals surface area contributed by atoms with Crippen molar-refractivity contribution in [1.82, 2.24) is 39.2 Å². The van der Waals surface area contributed by atoms with Crippen molar-refractivity contribution in [3.8, 4) is 5.69 Å². The van der Waals surface area contributed by atoms with Gasteiger partial charge < -0.3 is 24.9 Å². The Kier molecular flexibility index (Phi) is 22.9. The third-order valence-electron chi connectivity index (χ3n) is 13.5. The Morgan fingerprint density at radius 2 is 1.55 bits per heavy atom. The number of piperazine rings is 1. The molecule has 4 fully saturated rings. The number of halogens is 3. The number of piperidine rings is 2. The second-order valence-corrected chi connectivity index (χ2v) is 18.9. The molecule has 1 saturated carbocycles. The Labute approximate surface area is 428 Å². The molecule has 4 aliphatic rings. The molecule has 2 aromatic carbocycles. The highest BCUT2D eigenvalue weighted by Crippen LogP contribution is 2.34. The van der Waals surface area contributed by atoms with Gasteiger partial charge in [-0.1, -0.05) is 51.7 Å². The van der Waals surface area contributed by atoms with Gasteiger partial charge in [0.15, 0.2) is 0 Å². The molecule has 8 rings (SSSR count). The van der Waals surface area contributed by atoms with E-state index in [1.807, 2.05) is 60.8 Å². The molecule has 0 unspecified atom stereocenters. The Balaban J connectivity index is 0.000000612. The summed E-state index contributed by atoms with van der Waals surface area (Å²) in [6.07, 6.45) is 10.9. The second kappa shape index (κ2) is 28.9. The molecule has 16 nitrogen and oxygen atoms in total. The maximum absolute atomic E-state index is 14.4. The first-order chi connectivity index (χ1) is 35.1. The lowest BCUT2D eigenvalue weighted by Crippen LogP contribution is -2.49. The van der Waals surface area contributed by atoms with Gasteiger partial charge in [0.1, 0.15) is 12.6 Å². The summed E-state index contributed by atoms with van der Waals surface area (Å²) in [5.74, 6) is 0.273. The molecule has 73 heavy (non-hydrogen) atoms. The third-order valence-corrected chi connectivity index (χ3v) is 13.5. The van der Waals surface area contributed by atoms with Crippen LogP contribution in [0.2, 0.25) is 0 Å². The van der Waals surface area contributed by atoms with Crippen LogP contribution >= 0.6 is 0 Å². The van der Waals surface area contributed by atoms with Crippen molar-refractivity contribution >= 4 is 48.3 Å². The summed E-state index contributed by atoms with van der Waals surface area (Å²) in [7, 11) is 5.49. The maximum Gasteiger partial charge on any atom is 0.418 e. The number of imidazole rings is 1. The number of rotatable bonds is 17. The van der Waals surface area contributed by atoms with E-state index in [0.29, 0.717) is 81.1 Å². The van der Waals surface area contributed by atoms with E-state index in [2.05, 4.69) is 43.4 Å². The standard InChI is InChI=1S/C43H55F3N10O3.C5H7NO2.C4H8.C2H6/c1-47-25-36-24-37(9-8-35(36)30-57)53-20-18-52(19-21-53)27-33-11-16-54(17-12-33)41(58)13-15-50(3)26-34-23-39(43(44,45)46)40-29-55(42(59)56(40)28-34)38-7-5-6-32(22-38)10-14-51(4)31-49-48-2;7-4-2-1-3-5(8)6-4;1-2-4-3-1;1-2/h5-9,22-24,28-31,33,47H,2,10-21,25-27H2,1,3-4H3;1-3H2,(H,6,7,8);1-4H2;1-2H3/b49-31-;;;. The number of benzene rings is 2. The summed E-state index contributed by atoms with van der Waals surface area (Å²) in [5.41, 5.74) is 2.82. The Morgan fingerprint density at radius 3 is 2.14 bits per heavy atom. The zero-order valence-corrected chi connectivity index (χ0v) is 43.5. The number of fused-ring (bicyclic) bond motifs is 1. The van der Waals surface area contributed by atoms with E-state index in [1.54, 1.807) is 31.6 Å². The summed E-state index contributed by atoms with van der Waals surface area (Å²) in [4.78, 5) is 69.4. The van der Waals surface area contributed by atoms with Crippen LogP contribution in [-0.4, -0.2) is 146 Å². The molecule has 4 aromatic rings. The van der Waals surface area contributed by atoms with Gasteiger partial charge in [-0.15, -0.1) is 5.10 Å². The quantitative estimate of drug-likeness (QED) is 0.0370. The van der Waals surface area contributed by atoms with E-state index in [0.717, 1.165) is 79.1 Å². The van der Waals surface area contributed by atoms with E-state index < -0.39 is 17.4 Å². The van der Waals surface area contributed by atoms with Crippen LogP contribution in [0.5, 0.6) is 0 Å². The number of likely N-dealkylation sites (N-methyl/N-ethyl adjacent to an activating group) is 1. The SMILES string of the molecule is C1CCC1.C=N/N=C\N(C)CCc1cccc(-n2cc3c(C(F)(F)F)cc(CN(C)CCC(=O)N4CCC(CN5CCN(c6ccc(C=O)c(CNC)c6)CC5)CC4)cn3c2=O)c1.CC.O=C1CCCC(=O)N1. The minimum atomic E-state index is -4.69. The van der Waals surface area contributed by atoms with Crippen molar-refractivity contribution in [3.05, 3.63) is 99.2 Å². The summed E-state index contributed by atoms with van der Waals surface area (Å²) in [5, 5.41) is 12.5. The number of aldehydes is 1. The zero-order valence-electron chi connectivity index (χ0n) is 43.5. The summed E-state index contributed by atoms with van der Waals surface area (Å²) >= 11 is 0. The van der Waals surface area contributed by atoms with Gasteiger partial charge in [0.2, 0.25) is 17.7 Å². The zero-order chi connectivity index (χ0) is 52.9. The van der Waals surface area contributed by atoms with Crippen molar-refractivity contribution < 1.29 is 32.3 Å². The molecular weight excluding hydrogens is 940 g/mol. The molecule has 3 saturated heterocycles. The van der Waals surface area contributed by atoms with Crippen molar-refractivity contribution in [2.45, 2.75) is 104 Å². The van der Waals surface area contributed by atoms with Crippen LogP contribution in [0.4, 0.5) is 18.9 Å². The molecule has 1 aliphatic carbocycles. The second-order valence-electron chi connectivity index (χ2n) is 18.9. The number of nitrogens with one attached hydrogen (secondary N) is 2. The molecule has 5 heterocycles. The molecule has 398 valence electrons. The first-order valence-electron chi connectivity index (χ1n) is 25.8. The number of alkyl halides is 3. The number of hydrogen-bond acceptors (Lipinski definition) is 11. The third kappa shape index (κ3) is 17.5. The van der Waals surface area contributed by atoms with Gasteiger partial charge in [-0.2, -0.15) is 18.3 Å². The van der Waals surface area contributed by atoms with Crippen LogP contribution < -0.4 is 21.2 Å². The summed E-state index contributed by atoms with van der Waals surface area (Å²) < 4.78 is 45.6. The summed E-state index contributed by atoms with van der Waals surface area (Å²) in [6.45, 7) is 15.2. The number of likely N-dealkylation sites (tertiary alicyclic amines) is 1. The molecule has 19 heteroatoms. The molecular formula is C54H76F3N11O5. The first-order valence-corrected chi connectivity index (χ1v) is 25.8. The van der Waals surface area contributed by atoms with Crippen LogP contribution in [0.3, 0.4) is 0 Å². The number of nitrogens with zero attached hydrogens (tertiary/aromatic N) is 9. The fourth-order valence-corrected chi connectivity index (χ4v) is 9.03. The van der Waals surface area contributed by atoms with Crippen molar-refractivity contribution in [2.75, 3.05) is 84.9 Å². The normalized spacial score (nSPS) is 16.4. The van der Waals surface area contributed by atoms with E-state index in [4.69, 9.17) is 0 Å². The lowest BCUT2D eigenvalue weighted by molar-refractivity contribution is -0.137. The Hall–Kier alpha value is -6.18. The van der Waals surface area contributed by atoms with Gasteiger partial charge in [-0.3, -0.25) is 38.4 Å². The number of amides is 3. The monoisotopic (exact) mass is 1020 g/mol. The van der Waals surface area contributed by atoms with E-state index in [9.17, 15) is 37.1 Å². The van der Waals surface area contributed by atoms with E-state index in [-0.39, 0.29) is 36.2 Å². The Bertz CT molecular complexity index is 2500. The highest BCUT2D eigenvalue weighted by atomic mass is 19.4. The predicted octanol–water partition coefficient (Wildman–Crippen LogP) is 7.04. The van der Waals surface area contributed by atoms with Gasteiger partial charge in [0, 0.05) is 129 Å². The fourth-order valence-electron chi connectivity index (χ4n) is 9.03. The largest absolute Gasteiger partial charge is 0.418 e. The van der Waals surface area contributed by atoms with Crippen LogP contribution in [0, 0.1) is 5.92 Å². The van der Waals surface area contributed by atoms with E-state index >= 15 is 0 Å². The minimum Gasteiger partial charge on any atom is -0.369 e. The fraction of sp³-hybridized carbons (Fsp3) is 0.537. The number of carbonyl (C=O) groups excluding carboxylic acids is 4. The molecule has 3 aliphatic heterocycles. The minimum absolute atomic E-state index is 0.0395. The summed E-state index contributed by atoms with van der Waals surface area (Å²) in [6, 6.07) is 14.3. The average Bonchev–Trinajstić information content (AvgIpc) is 3.70. The molecule has 3 amide bonds. The number of pyridine rings is 1. The van der Waals surface area contributed by atoms with Gasteiger partial charge >= 0.3 is 11.9 Å². The number of hydrogen-bond donors (Lipinski definition) is 2. The molecule has 0 bridgehead atoms. The molecule has 0 spiro atoms. The lowest BCUT2D eigenvalue weighted by atomic mass is 9.95. The van der Waals surface area contributed by atoms with Gasteiger partial charge in [-0.25, -0.2) is 4.79 Å². The topological polar surface area (TPSA) is 160 Å². The van der Waals surface area contributed by atoms with Crippen LogP contribution in [-0.2, 0) is 40.1 Å². The van der Waals surface area contributed by atoms with Gasteiger partial charge in [0.25, 0.3) is 0 Å². The smallest absolute Gasteiger partial charge is 0.369 e. The first kappa shape index (κ1) is 57.7. The number of imide groups is 1. The van der Waals surface area contributed by atoms with Crippen molar-refractivity contribution in [1.29, 1.82) is 0 Å². The lowest BCUT2D eigenvalue weighted by Gasteiger charge is -2.39. The molecule has 2 N–H and O–H groups in total. The molecule has 0 atom stereocenters. The maximum atomic E-state index is 14.4. The van der Waals surface area contributed by atoms with Gasteiger partial charge in [0.05, 0.1) is 16.8 Å². The van der Waals surface area contributed by atoms with E-state index in [1.165, 1.54) is 42.6 Å². The van der Waals surface area contributed by atoms with Crippen LogP contribution in [0.25, 0.3) is 11.2 Å². The van der Waals surface area contributed by atoms with Crippen LogP contribution in [0.15, 0.2) is 75.9 Å². The Morgan fingerprint density at radius 1 is 0.863 bits per heavy atom. The number of carbonyl (C=O) groups is 4.